The second-order valence-electron chi connectivity index (χ2n) is 7.00. The van der Waals surface area contributed by atoms with Crippen molar-refractivity contribution >= 4 is 27.5 Å². The SMILES string of the molecule is Cn1c2ccccc2c2c(-c3ccc([N+](=O)[O-])cc3)nn(-c3ccccc3)c(=O)c21. The molecular formula is C23H16N4O3. The number of nitrogens with zero attached hydrogens (tertiary/aromatic N) is 4. The largest absolute Gasteiger partial charge is 0.339 e. The Morgan fingerprint density at radius 1 is 0.900 bits per heavy atom. The Labute approximate surface area is 170 Å². The van der Waals surface area contributed by atoms with Gasteiger partial charge in [0.1, 0.15) is 11.2 Å². The summed E-state index contributed by atoms with van der Waals surface area (Å²) < 4.78 is 3.26. The van der Waals surface area contributed by atoms with Crippen LogP contribution >= 0.6 is 0 Å². The summed E-state index contributed by atoms with van der Waals surface area (Å²) in [7, 11) is 1.86. The molecule has 3 aromatic carbocycles. The number of aromatic nitrogens is 3. The number of rotatable bonds is 3. The molecule has 2 heterocycles. The third-order valence-corrected chi connectivity index (χ3v) is 5.29. The zero-order chi connectivity index (χ0) is 20.8. The minimum absolute atomic E-state index is 0.00398. The summed E-state index contributed by atoms with van der Waals surface area (Å²) in [5, 5.41) is 17.4. The van der Waals surface area contributed by atoms with Gasteiger partial charge in [-0.3, -0.25) is 14.9 Å². The number of nitro groups is 1. The van der Waals surface area contributed by atoms with Gasteiger partial charge in [0.2, 0.25) is 0 Å². The van der Waals surface area contributed by atoms with E-state index in [-0.39, 0.29) is 11.2 Å². The average molecular weight is 396 g/mol. The highest BCUT2D eigenvalue weighted by Gasteiger charge is 2.20. The molecule has 0 unspecified atom stereocenters. The van der Waals surface area contributed by atoms with Crippen LogP contribution in [0.15, 0.2) is 83.7 Å². The van der Waals surface area contributed by atoms with E-state index in [0.717, 1.165) is 16.3 Å². The van der Waals surface area contributed by atoms with E-state index in [1.54, 1.807) is 12.1 Å². The van der Waals surface area contributed by atoms with Crippen molar-refractivity contribution in [1.29, 1.82) is 0 Å². The molecule has 146 valence electrons. The Balaban J connectivity index is 1.93. The summed E-state index contributed by atoms with van der Waals surface area (Å²) in [5.74, 6) is 0. The van der Waals surface area contributed by atoms with Crippen LogP contribution in [0.1, 0.15) is 0 Å². The molecule has 5 rings (SSSR count). The summed E-state index contributed by atoms with van der Waals surface area (Å²) in [6.45, 7) is 0. The lowest BCUT2D eigenvalue weighted by molar-refractivity contribution is -0.384. The Kier molecular flexibility index (Phi) is 3.96. The molecule has 0 aliphatic rings. The van der Waals surface area contributed by atoms with Gasteiger partial charge in [0.25, 0.3) is 11.2 Å². The van der Waals surface area contributed by atoms with Gasteiger partial charge < -0.3 is 4.57 Å². The van der Waals surface area contributed by atoms with Gasteiger partial charge in [0.15, 0.2) is 0 Å². The quantitative estimate of drug-likeness (QED) is 0.333. The normalized spacial score (nSPS) is 11.2. The minimum atomic E-state index is -0.435. The number of hydrogen-bond acceptors (Lipinski definition) is 4. The van der Waals surface area contributed by atoms with Gasteiger partial charge in [0.05, 0.1) is 10.6 Å². The predicted octanol–water partition coefficient (Wildman–Crippen LogP) is 4.45. The first kappa shape index (κ1) is 17.8. The summed E-state index contributed by atoms with van der Waals surface area (Å²) >= 11 is 0. The first-order valence-electron chi connectivity index (χ1n) is 9.37. The van der Waals surface area contributed by atoms with Crippen molar-refractivity contribution < 1.29 is 4.92 Å². The van der Waals surface area contributed by atoms with Crippen LogP contribution in [0.5, 0.6) is 0 Å². The van der Waals surface area contributed by atoms with Crippen LogP contribution in [0, 0.1) is 10.1 Å². The molecule has 0 aliphatic carbocycles. The van der Waals surface area contributed by atoms with Gasteiger partial charge in [-0.2, -0.15) is 9.78 Å². The van der Waals surface area contributed by atoms with Crippen LogP contribution in [0.4, 0.5) is 5.69 Å². The highest BCUT2D eigenvalue weighted by molar-refractivity contribution is 6.13. The first-order chi connectivity index (χ1) is 14.6. The van der Waals surface area contributed by atoms with Crippen LogP contribution < -0.4 is 5.56 Å². The molecule has 30 heavy (non-hydrogen) atoms. The lowest BCUT2D eigenvalue weighted by Crippen LogP contribution is -2.23. The van der Waals surface area contributed by atoms with E-state index in [1.807, 2.05) is 66.2 Å². The van der Waals surface area contributed by atoms with Gasteiger partial charge in [-0.1, -0.05) is 36.4 Å². The lowest BCUT2D eigenvalue weighted by Gasteiger charge is -2.10. The van der Waals surface area contributed by atoms with E-state index in [4.69, 9.17) is 5.10 Å². The molecule has 0 spiro atoms. The van der Waals surface area contributed by atoms with Gasteiger partial charge in [-0.25, -0.2) is 0 Å². The maximum atomic E-state index is 13.4. The van der Waals surface area contributed by atoms with Crippen molar-refractivity contribution in [2.24, 2.45) is 7.05 Å². The van der Waals surface area contributed by atoms with Gasteiger partial charge in [0, 0.05) is 41.0 Å². The molecule has 7 nitrogen and oxygen atoms in total. The second kappa shape index (κ2) is 6.66. The predicted molar refractivity (Wildman–Crippen MR) is 116 cm³/mol. The number of hydrogen-bond donors (Lipinski definition) is 0. The van der Waals surface area contributed by atoms with Crippen molar-refractivity contribution in [3.05, 3.63) is 99.3 Å². The van der Waals surface area contributed by atoms with Crippen LogP contribution in [-0.2, 0) is 7.05 Å². The highest BCUT2D eigenvalue weighted by atomic mass is 16.6. The molecule has 0 N–H and O–H groups in total. The maximum Gasteiger partial charge on any atom is 0.296 e. The van der Waals surface area contributed by atoms with E-state index in [9.17, 15) is 14.9 Å². The smallest absolute Gasteiger partial charge is 0.296 e. The minimum Gasteiger partial charge on any atom is -0.339 e. The van der Waals surface area contributed by atoms with Crippen molar-refractivity contribution in [3.63, 3.8) is 0 Å². The van der Waals surface area contributed by atoms with E-state index in [1.165, 1.54) is 16.8 Å². The van der Waals surface area contributed by atoms with Crippen LogP contribution in [0.25, 0.3) is 38.8 Å². The topological polar surface area (TPSA) is 83.0 Å². The molecule has 0 amide bonds. The number of benzene rings is 3. The Bertz CT molecular complexity index is 1480. The molecule has 0 bridgehead atoms. The summed E-state index contributed by atoms with van der Waals surface area (Å²) in [5.41, 5.74) is 3.18. The van der Waals surface area contributed by atoms with Crippen molar-refractivity contribution in [1.82, 2.24) is 14.3 Å². The first-order valence-corrected chi connectivity index (χ1v) is 9.37. The Morgan fingerprint density at radius 3 is 2.27 bits per heavy atom. The van der Waals surface area contributed by atoms with Gasteiger partial charge in [-0.15, -0.1) is 0 Å². The van der Waals surface area contributed by atoms with Gasteiger partial charge >= 0.3 is 0 Å². The molecule has 0 atom stereocenters. The fourth-order valence-corrected chi connectivity index (χ4v) is 3.87. The number of para-hydroxylation sites is 2. The summed E-state index contributed by atoms with van der Waals surface area (Å²) in [6.07, 6.45) is 0. The summed E-state index contributed by atoms with van der Waals surface area (Å²) in [6, 6.07) is 23.2. The number of non-ortho nitro benzene ring substituents is 1. The van der Waals surface area contributed by atoms with Crippen LogP contribution in [0.3, 0.4) is 0 Å². The molecule has 0 saturated heterocycles. The maximum absolute atomic E-state index is 13.4. The Hall–Kier alpha value is -4.26. The van der Waals surface area contributed by atoms with E-state index < -0.39 is 4.92 Å². The molecule has 0 saturated carbocycles. The van der Waals surface area contributed by atoms with Crippen molar-refractivity contribution in [3.8, 4) is 16.9 Å². The third-order valence-electron chi connectivity index (χ3n) is 5.29. The number of aryl methyl sites for hydroxylation is 1. The molecule has 0 fully saturated rings. The fourth-order valence-electron chi connectivity index (χ4n) is 3.87. The van der Waals surface area contributed by atoms with Gasteiger partial charge in [-0.05, 0) is 30.3 Å². The second-order valence-corrected chi connectivity index (χ2v) is 7.00. The number of nitro benzene ring substituents is 1. The van der Waals surface area contributed by atoms with Crippen molar-refractivity contribution in [2.75, 3.05) is 0 Å². The van der Waals surface area contributed by atoms with E-state index in [2.05, 4.69) is 0 Å². The van der Waals surface area contributed by atoms with E-state index in [0.29, 0.717) is 22.5 Å². The molecular weight excluding hydrogens is 380 g/mol. The standard InChI is InChI=1S/C23H16N4O3/c1-25-19-10-6-5-9-18(19)20-21(15-11-13-17(14-12-15)27(29)30)24-26(23(28)22(20)25)16-7-3-2-4-8-16/h2-14H,1H3. The molecule has 5 aromatic rings. The average Bonchev–Trinajstić information content (AvgIpc) is 3.08. The summed E-state index contributed by atoms with van der Waals surface area (Å²) in [4.78, 5) is 24.1. The van der Waals surface area contributed by atoms with E-state index >= 15 is 0 Å². The zero-order valence-electron chi connectivity index (χ0n) is 16.0. The Morgan fingerprint density at radius 2 is 1.57 bits per heavy atom. The number of fused-ring (bicyclic) bond motifs is 3. The molecule has 0 radical (unpaired) electrons. The molecule has 7 heteroatoms. The molecule has 2 aromatic heterocycles. The van der Waals surface area contributed by atoms with Crippen molar-refractivity contribution in [2.45, 2.75) is 0 Å². The van der Waals surface area contributed by atoms with Crippen LogP contribution in [0.2, 0.25) is 0 Å². The molecule has 0 aliphatic heterocycles. The monoisotopic (exact) mass is 396 g/mol. The zero-order valence-corrected chi connectivity index (χ0v) is 16.0. The third kappa shape index (κ3) is 2.60. The fraction of sp³-hybridized carbons (Fsp3) is 0.0435. The highest BCUT2D eigenvalue weighted by Crippen LogP contribution is 2.34. The lowest BCUT2D eigenvalue weighted by atomic mass is 10.1. The van der Waals surface area contributed by atoms with Crippen LogP contribution in [-0.4, -0.2) is 19.3 Å².